The summed E-state index contributed by atoms with van der Waals surface area (Å²) in [5.74, 6) is 1.27. The Bertz CT molecular complexity index is 1330. The zero-order chi connectivity index (χ0) is 23.3. The summed E-state index contributed by atoms with van der Waals surface area (Å²) in [5.41, 5.74) is 5.47. The van der Waals surface area contributed by atoms with Gasteiger partial charge in [0.25, 0.3) is 5.91 Å². The summed E-state index contributed by atoms with van der Waals surface area (Å²) in [6.07, 6.45) is 0. The summed E-state index contributed by atoms with van der Waals surface area (Å²) in [6, 6.07) is 17.1. The number of nitrogens with zero attached hydrogens (tertiary/aromatic N) is 3. The van der Waals surface area contributed by atoms with E-state index in [1.54, 1.807) is 12.0 Å². The molecule has 1 unspecified atom stereocenters. The summed E-state index contributed by atoms with van der Waals surface area (Å²) in [5, 5.41) is 11.5. The van der Waals surface area contributed by atoms with Gasteiger partial charge in [-0.15, -0.1) is 0 Å². The molecule has 0 fully saturated rings. The van der Waals surface area contributed by atoms with Crippen LogP contribution in [0.1, 0.15) is 59.8 Å². The highest BCUT2D eigenvalue weighted by Gasteiger charge is 2.45. The number of para-hydroxylation sites is 1. The van der Waals surface area contributed by atoms with E-state index in [1.807, 2.05) is 61.5 Å². The number of aryl methyl sites for hydroxylation is 1. The number of H-pyrrole nitrogens is 1. The number of hydrogen-bond donors (Lipinski definition) is 1. The fraction of sp³-hybridized carbons (Fsp3) is 0.269. The molecule has 1 amide bonds. The quantitative estimate of drug-likeness (QED) is 0.456. The van der Waals surface area contributed by atoms with E-state index in [0.717, 1.165) is 39.5 Å². The molecule has 1 atom stereocenters. The van der Waals surface area contributed by atoms with Crippen molar-refractivity contribution in [3.8, 4) is 17.1 Å². The van der Waals surface area contributed by atoms with Crippen LogP contribution in [0.3, 0.4) is 0 Å². The van der Waals surface area contributed by atoms with Crippen molar-refractivity contribution >= 4 is 11.6 Å². The van der Waals surface area contributed by atoms with Crippen LogP contribution in [0.5, 0.6) is 5.75 Å². The van der Waals surface area contributed by atoms with Crippen molar-refractivity contribution in [3.05, 3.63) is 82.8 Å². The third-order valence-corrected chi connectivity index (χ3v) is 6.00. The van der Waals surface area contributed by atoms with Gasteiger partial charge < -0.3 is 9.26 Å². The Hall–Kier alpha value is -3.87. The Balaban J connectivity index is 1.66. The number of carbonyl (C=O) groups excluding carboxylic acids is 1. The summed E-state index contributed by atoms with van der Waals surface area (Å²) in [7, 11) is 1.65. The fourth-order valence-corrected chi connectivity index (χ4v) is 4.45. The summed E-state index contributed by atoms with van der Waals surface area (Å²) < 4.78 is 11.1. The number of fused-ring (bicyclic) bond motifs is 1. The standard InChI is InChI=1S/C26H26N4O3/c1-15-14-20(33-29-15)16-10-12-17(13-11-16)30-23(18-8-6-7-9-19(18)32-5)21-22(25(30)31)27-28-24(21)26(2,3)4/h6-14,23H,1-5H3,(H,27,28). The van der Waals surface area contributed by atoms with Gasteiger partial charge in [-0.1, -0.05) is 44.1 Å². The molecule has 168 valence electrons. The molecule has 4 aromatic rings. The van der Waals surface area contributed by atoms with Gasteiger partial charge in [0, 0.05) is 39.6 Å². The van der Waals surface area contributed by atoms with Crippen molar-refractivity contribution in [1.29, 1.82) is 0 Å². The number of ether oxygens (including phenoxy) is 1. The van der Waals surface area contributed by atoms with Crippen LogP contribution in [0.2, 0.25) is 0 Å². The summed E-state index contributed by atoms with van der Waals surface area (Å²) in [4.78, 5) is 15.5. The molecule has 0 saturated heterocycles. The molecule has 0 spiro atoms. The average molecular weight is 443 g/mol. The average Bonchev–Trinajstić information content (AvgIpc) is 3.49. The molecule has 0 radical (unpaired) electrons. The van der Waals surface area contributed by atoms with Gasteiger partial charge in [0.2, 0.25) is 0 Å². The number of rotatable bonds is 4. The lowest BCUT2D eigenvalue weighted by atomic mass is 9.85. The minimum absolute atomic E-state index is 0.143. The number of methoxy groups -OCH3 is 1. The molecule has 1 aliphatic heterocycles. The zero-order valence-electron chi connectivity index (χ0n) is 19.3. The monoisotopic (exact) mass is 442 g/mol. The number of amides is 1. The Morgan fingerprint density at radius 1 is 1.09 bits per heavy atom. The zero-order valence-corrected chi connectivity index (χ0v) is 19.3. The Labute approximate surface area is 192 Å². The summed E-state index contributed by atoms with van der Waals surface area (Å²) in [6.45, 7) is 8.22. The van der Waals surface area contributed by atoms with Crippen molar-refractivity contribution in [2.75, 3.05) is 12.0 Å². The topological polar surface area (TPSA) is 84.2 Å². The molecule has 0 aliphatic carbocycles. The molecule has 5 rings (SSSR count). The molecule has 7 heteroatoms. The largest absolute Gasteiger partial charge is 0.496 e. The van der Waals surface area contributed by atoms with E-state index >= 15 is 0 Å². The maximum absolute atomic E-state index is 13.7. The Morgan fingerprint density at radius 3 is 2.45 bits per heavy atom. The molecule has 2 aromatic carbocycles. The number of hydrogen-bond acceptors (Lipinski definition) is 5. The van der Waals surface area contributed by atoms with Gasteiger partial charge in [0.1, 0.15) is 5.75 Å². The first-order chi connectivity index (χ1) is 15.8. The lowest BCUT2D eigenvalue weighted by Crippen LogP contribution is -2.30. The van der Waals surface area contributed by atoms with E-state index in [0.29, 0.717) is 11.5 Å². The number of anilines is 1. The predicted molar refractivity (Wildman–Crippen MR) is 126 cm³/mol. The van der Waals surface area contributed by atoms with E-state index in [2.05, 4.69) is 36.1 Å². The lowest BCUT2D eigenvalue weighted by molar-refractivity contribution is 0.0988. The van der Waals surface area contributed by atoms with Gasteiger partial charge in [0.15, 0.2) is 11.5 Å². The van der Waals surface area contributed by atoms with E-state index in [1.165, 1.54) is 0 Å². The number of benzene rings is 2. The van der Waals surface area contributed by atoms with Crippen LogP contribution in [0.25, 0.3) is 11.3 Å². The lowest BCUT2D eigenvalue weighted by Gasteiger charge is -2.29. The van der Waals surface area contributed by atoms with Crippen LogP contribution >= 0.6 is 0 Å². The maximum atomic E-state index is 13.7. The third kappa shape index (κ3) is 3.40. The first-order valence-corrected chi connectivity index (χ1v) is 10.9. The molecule has 2 aromatic heterocycles. The van der Waals surface area contributed by atoms with Crippen LogP contribution in [0.15, 0.2) is 59.1 Å². The van der Waals surface area contributed by atoms with Crippen molar-refractivity contribution in [2.24, 2.45) is 0 Å². The summed E-state index contributed by atoms with van der Waals surface area (Å²) >= 11 is 0. The molecule has 0 saturated carbocycles. The minimum Gasteiger partial charge on any atom is -0.496 e. The van der Waals surface area contributed by atoms with Gasteiger partial charge in [0.05, 0.1) is 18.8 Å². The maximum Gasteiger partial charge on any atom is 0.280 e. The highest BCUT2D eigenvalue weighted by molar-refractivity contribution is 6.11. The van der Waals surface area contributed by atoms with Crippen LogP contribution in [-0.4, -0.2) is 28.4 Å². The normalized spacial score (nSPS) is 15.7. The van der Waals surface area contributed by atoms with E-state index < -0.39 is 0 Å². The molecular weight excluding hydrogens is 416 g/mol. The van der Waals surface area contributed by atoms with Gasteiger partial charge in [-0.05, 0) is 37.3 Å². The third-order valence-electron chi connectivity index (χ3n) is 6.00. The van der Waals surface area contributed by atoms with Crippen LogP contribution in [0, 0.1) is 6.92 Å². The van der Waals surface area contributed by atoms with Crippen molar-refractivity contribution in [2.45, 2.75) is 39.2 Å². The van der Waals surface area contributed by atoms with Crippen molar-refractivity contribution in [1.82, 2.24) is 15.4 Å². The van der Waals surface area contributed by atoms with Gasteiger partial charge in [-0.25, -0.2) is 0 Å². The van der Waals surface area contributed by atoms with Crippen molar-refractivity contribution < 1.29 is 14.1 Å². The highest BCUT2D eigenvalue weighted by atomic mass is 16.5. The van der Waals surface area contributed by atoms with Gasteiger partial charge >= 0.3 is 0 Å². The predicted octanol–water partition coefficient (Wildman–Crippen LogP) is 5.43. The first-order valence-electron chi connectivity index (χ1n) is 10.9. The van der Waals surface area contributed by atoms with E-state index in [9.17, 15) is 4.79 Å². The Kier molecular flexibility index (Phi) is 4.85. The fourth-order valence-electron chi connectivity index (χ4n) is 4.45. The van der Waals surface area contributed by atoms with E-state index in [-0.39, 0.29) is 17.4 Å². The second-order valence-corrected chi connectivity index (χ2v) is 9.31. The van der Waals surface area contributed by atoms with Crippen LogP contribution < -0.4 is 9.64 Å². The molecular formula is C26H26N4O3. The van der Waals surface area contributed by atoms with Crippen LogP contribution in [-0.2, 0) is 5.41 Å². The SMILES string of the molecule is COc1ccccc1C1c2c(n[nH]c2C(C)(C)C)C(=O)N1c1ccc(-c2cc(C)no2)cc1. The smallest absolute Gasteiger partial charge is 0.280 e. The minimum atomic E-state index is -0.366. The number of aromatic nitrogens is 3. The van der Waals surface area contributed by atoms with Crippen LogP contribution in [0.4, 0.5) is 5.69 Å². The van der Waals surface area contributed by atoms with Crippen molar-refractivity contribution in [3.63, 3.8) is 0 Å². The number of carbonyl (C=O) groups is 1. The number of nitrogens with one attached hydrogen (secondary N) is 1. The molecule has 1 aliphatic rings. The van der Waals surface area contributed by atoms with Gasteiger partial charge in [-0.3, -0.25) is 14.8 Å². The second-order valence-electron chi connectivity index (χ2n) is 9.31. The molecule has 33 heavy (non-hydrogen) atoms. The van der Waals surface area contributed by atoms with Gasteiger partial charge in [-0.2, -0.15) is 5.10 Å². The van der Waals surface area contributed by atoms with E-state index in [4.69, 9.17) is 9.26 Å². The molecule has 7 nitrogen and oxygen atoms in total. The molecule has 1 N–H and O–H groups in total. The second kappa shape index (κ2) is 7.62. The first kappa shape index (κ1) is 21.0. The highest BCUT2D eigenvalue weighted by Crippen LogP contribution is 2.47. The number of aromatic amines is 1. The molecule has 3 heterocycles. The molecule has 0 bridgehead atoms. The Morgan fingerprint density at radius 2 is 1.82 bits per heavy atom.